The number of fused-ring (bicyclic) bond motifs is 1. The maximum atomic E-state index is 15.2. The lowest BCUT2D eigenvalue weighted by atomic mass is 9.93. The smallest absolute Gasteiger partial charge is 0.341 e. The number of benzene rings is 1. The van der Waals surface area contributed by atoms with E-state index < -0.39 is 35.0 Å². The van der Waals surface area contributed by atoms with Crippen LogP contribution >= 0.6 is 0 Å². The first-order valence-electron chi connectivity index (χ1n) is 9.56. The molecule has 1 aromatic carbocycles. The molecule has 0 amide bonds. The Morgan fingerprint density at radius 1 is 1.41 bits per heavy atom. The van der Waals surface area contributed by atoms with Crippen molar-refractivity contribution in [2.24, 2.45) is 0 Å². The fourth-order valence-corrected chi connectivity index (χ4v) is 4.16. The highest BCUT2D eigenvalue weighted by atomic mass is 19.1. The van der Waals surface area contributed by atoms with Crippen molar-refractivity contribution in [1.29, 1.82) is 0 Å². The summed E-state index contributed by atoms with van der Waals surface area (Å²) in [6.45, 7) is 0.0148. The minimum absolute atomic E-state index is 0.0131. The number of pyridine rings is 1. The average Bonchev–Trinajstić information content (AvgIpc) is 3.52. The first-order valence-corrected chi connectivity index (χ1v) is 9.56. The van der Waals surface area contributed by atoms with Gasteiger partial charge in [0, 0.05) is 25.3 Å². The number of ether oxygens (including phenoxy) is 1. The molecule has 2 fully saturated rings. The Hall–Kier alpha value is -2.65. The van der Waals surface area contributed by atoms with Crippen LogP contribution in [0.15, 0.2) is 17.1 Å². The van der Waals surface area contributed by atoms with Crippen LogP contribution in [0.25, 0.3) is 10.9 Å². The molecule has 4 rings (SSSR count). The zero-order valence-corrected chi connectivity index (χ0v) is 16.0. The van der Waals surface area contributed by atoms with Crippen LogP contribution in [0.3, 0.4) is 0 Å². The van der Waals surface area contributed by atoms with Gasteiger partial charge in [-0.1, -0.05) is 0 Å². The number of aromatic carboxylic acids is 1. The van der Waals surface area contributed by atoms with Gasteiger partial charge in [-0.25, -0.2) is 9.18 Å². The Morgan fingerprint density at radius 2 is 2.14 bits per heavy atom. The van der Waals surface area contributed by atoms with Crippen LogP contribution in [0.2, 0.25) is 0 Å². The van der Waals surface area contributed by atoms with Crippen molar-refractivity contribution in [1.82, 2.24) is 4.57 Å². The van der Waals surface area contributed by atoms with Crippen molar-refractivity contribution in [2.75, 3.05) is 31.7 Å². The number of nitrogens with zero attached hydrogens (tertiary/aromatic N) is 2. The number of aliphatic hydroxyl groups excluding tert-OH is 1. The van der Waals surface area contributed by atoms with Crippen LogP contribution in [-0.4, -0.2) is 58.3 Å². The average molecular weight is 406 g/mol. The number of aromatic nitrogens is 1. The molecule has 1 unspecified atom stereocenters. The van der Waals surface area contributed by atoms with Gasteiger partial charge in [-0.2, -0.15) is 0 Å². The predicted molar refractivity (Wildman–Crippen MR) is 103 cm³/mol. The number of carboxylic acids is 1. The van der Waals surface area contributed by atoms with Gasteiger partial charge >= 0.3 is 5.97 Å². The molecule has 3 N–H and O–H groups in total. The molecule has 0 radical (unpaired) electrons. The van der Waals surface area contributed by atoms with E-state index in [9.17, 15) is 24.9 Å². The number of hydrogen-bond donors (Lipinski definition) is 3. The molecule has 8 nitrogen and oxygen atoms in total. The summed E-state index contributed by atoms with van der Waals surface area (Å²) >= 11 is 0. The molecule has 29 heavy (non-hydrogen) atoms. The number of hydrogen-bond acceptors (Lipinski definition) is 6. The molecule has 156 valence electrons. The number of carbonyl (C=O) groups is 1. The van der Waals surface area contributed by atoms with Gasteiger partial charge in [0.15, 0.2) is 11.6 Å². The van der Waals surface area contributed by atoms with Crippen LogP contribution in [0.4, 0.5) is 10.1 Å². The van der Waals surface area contributed by atoms with Crippen LogP contribution in [0, 0.1) is 5.82 Å². The fraction of sp³-hybridized carbons (Fsp3) is 0.500. The van der Waals surface area contributed by atoms with Crippen molar-refractivity contribution in [2.45, 2.75) is 37.3 Å². The van der Waals surface area contributed by atoms with E-state index >= 15 is 4.39 Å². The molecule has 1 aromatic heterocycles. The molecule has 1 saturated heterocycles. The Morgan fingerprint density at radius 3 is 2.72 bits per heavy atom. The molecule has 0 bridgehead atoms. The monoisotopic (exact) mass is 406 g/mol. The van der Waals surface area contributed by atoms with Crippen LogP contribution in [-0.2, 0) is 0 Å². The molecular weight excluding hydrogens is 383 g/mol. The Balaban J connectivity index is 1.99. The SMILES string of the molecule is COc1c(N2CCCC(O)(CO)C2)c(F)cc2c(=O)c(C(=O)O)cn(C3CC3)c12. The maximum Gasteiger partial charge on any atom is 0.341 e. The summed E-state index contributed by atoms with van der Waals surface area (Å²) in [5.74, 6) is -1.97. The van der Waals surface area contributed by atoms with Crippen LogP contribution in [0.1, 0.15) is 42.1 Å². The van der Waals surface area contributed by atoms with Crippen molar-refractivity contribution >= 4 is 22.6 Å². The highest BCUT2D eigenvalue weighted by Crippen LogP contribution is 2.44. The van der Waals surface area contributed by atoms with E-state index in [-0.39, 0.29) is 29.4 Å². The third-order valence-corrected chi connectivity index (χ3v) is 5.74. The van der Waals surface area contributed by atoms with E-state index in [1.807, 2.05) is 0 Å². The third-order valence-electron chi connectivity index (χ3n) is 5.74. The van der Waals surface area contributed by atoms with Crippen molar-refractivity contribution in [3.8, 4) is 5.75 Å². The van der Waals surface area contributed by atoms with E-state index in [2.05, 4.69) is 0 Å². The number of anilines is 1. The molecule has 1 aliphatic heterocycles. The summed E-state index contributed by atoms with van der Waals surface area (Å²) in [5, 5.41) is 29.4. The Kier molecular flexibility index (Phi) is 4.74. The number of piperidine rings is 1. The number of methoxy groups -OCH3 is 1. The second-order valence-corrected chi connectivity index (χ2v) is 7.86. The van der Waals surface area contributed by atoms with Crippen molar-refractivity contribution in [3.05, 3.63) is 33.9 Å². The summed E-state index contributed by atoms with van der Waals surface area (Å²) in [6.07, 6.45) is 3.88. The normalized spacial score (nSPS) is 22.1. The van der Waals surface area contributed by atoms with Crippen LogP contribution < -0.4 is 15.1 Å². The van der Waals surface area contributed by atoms with Gasteiger partial charge in [-0.3, -0.25) is 4.79 Å². The zero-order valence-electron chi connectivity index (χ0n) is 16.0. The van der Waals surface area contributed by atoms with Gasteiger partial charge in [0.05, 0.1) is 24.6 Å². The summed E-state index contributed by atoms with van der Waals surface area (Å²) < 4.78 is 22.4. The fourth-order valence-electron chi connectivity index (χ4n) is 4.16. The summed E-state index contributed by atoms with van der Waals surface area (Å²) in [4.78, 5) is 25.9. The third kappa shape index (κ3) is 3.24. The lowest BCUT2D eigenvalue weighted by Gasteiger charge is -2.40. The van der Waals surface area contributed by atoms with Gasteiger partial charge in [0.2, 0.25) is 5.43 Å². The molecule has 1 saturated carbocycles. The van der Waals surface area contributed by atoms with Gasteiger partial charge in [0.1, 0.15) is 16.9 Å². The van der Waals surface area contributed by atoms with Gasteiger partial charge in [-0.15, -0.1) is 0 Å². The van der Waals surface area contributed by atoms with Gasteiger partial charge < -0.3 is 29.5 Å². The number of aliphatic hydroxyl groups is 2. The van der Waals surface area contributed by atoms with E-state index in [0.29, 0.717) is 24.9 Å². The number of carboxylic acid groups (broad SMARTS) is 1. The number of rotatable bonds is 5. The number of β-amino-alcohol motifs (C(OH)–C–C–N with tert-alkyl or cyclic N) is 1. The summed E-state index contributed by atoms with van der Waals surface area (Å²) in [7, 11) is 1.37. The largest absolute Gasteiger partial charge is 0.492 e. The second kappa shape index (κ2) is 7.00. The summed E-state index contributed by atoms with van der Waals surface area (Å²) in [6, 6.07) is 1.06. The van der Waals surface area contributed by atoms with Crippen molar-refractivity contribution in [3.63, 3.8) is 0 Å². The Bertz CT molecular complexity index is 1050. The maximum absolute atomic E-state index is 15.2. The molecule has 1 aliphatic carbocycles. The number of halogens is 1. The topological polar surface area (TPSA) is 112 Å². The first kappa shape index (κ1) is 19.7. The molecule has 0 spiro atoms. The molecule has 2 heterocycles. The predicted octanol–water partition coefficient (Wildman–Crippen LogP) is 1.51. The Labute approximate surface area is 165 Å². The lowest BCUT2D eigenvalue weighted by molar-refractivity contribution is -0.0242. The molecular formula is C20H23FN2O6. The quantitative estimate of drug-likeness (QED) is 0.690. The first-order chi connectivity index (χ1) is 13.8. The van der Waals surface area contributed by atoms with E-state index in [4.69, 9.17) is 4.74 Å². The minimum Gasteiger partial charge on any atom is -0.492 e. The standard InChI is InChI=1S/C20H23FN2O6/c1-29-18-15-12(17(25)13(19(26)27)8-23(15)11-3-4-11)7-14(21)16(18)22-6-2-5-20(28,9-22)10-24/h7-8,11,24,28H,2-6,9-10H2,1H3,(H,26,27). The zero-order chi connectivity index (χ0) is 20.9. The van der Waals surface area contributed by atoms with Gasteiger partial charge in [-0.05, 0) is 31.7 Å². The highest BCUT2D eigenvalue weighted by molar-refractivity contribution is 5.97. The molecule has 1 atom stereocenters. The minimum atomic E-state index is -1.36. The van der Waals surface area contributed by atoms with Crippen LogP contribution in [0.5, 0.6) is 5.75 Å². The van der Waals surface area contributed by atoms with E-state index in [1.54, 1.807) is 9.47 Å². The summed E-state index contributed by atoms with van der Waals surface area (Å²) in [5.41, 5.74) is -2.08. The van der Waals surface area contributed by atoms with Crippen molar-refractivity contribution < 1.29 is 29.2 Å². The van der Waals surface area contributed by atoms with E-state index in [1.165, 1.54) is 13.3 Å². The van der Waals surface area contributed by atoms with E-state index in [0.717, 1.165) is 18.9 Å². The highest BCUT2D eigenvalue weighted by Gasteiger charge is 2.36. The van der Waals surface area contributed by atoms with Gasteiger partial charge in [0.25, 0.3) is 0 Å². The molecule has 2 aromatic rings. The lowest BCUT2D eigenvalue weighted by Crippen LogP contribution is -2.50. The molecule has 2 aliphatic rings. The molecule has 9 heteroatoms. The second-order valence-electron chi connectivity index (χ2n) is 7.86.